The Labute approximate surface area is 113 Å². The number of esters is 1. The maximum atomic E-state index is 11.3. The Morgan fingerprint density at radius 1 is 1.44 bits per heavy atom. The first-order chi connectivity index (χ1) is 8.59. The molecule has 0 saturated carbocycles. The summed E-state index contributed by atoms with van der Waals surface area (Å²) in [6, 6.07) is 0. The third-order valence-corrected chi connectivity index (χ3v) is 3.46. The van der Waals surface area contributed by atoms with Gasteiger partial charge in [0.1, 0.15) is 0 Å². The summed E-state index contributed by atoms with van der Waals surface area (Å²) in [6.45, 7) is 6.22. The second kappa shape index (κ2) is 8.24. The topological polar surface area (TPSA) is 67.9 Å². The lowest BCUT2D eigenvalue weighted by Gasteiger charge is -2.27. The van der Waals surface area contributed by atoms with E-state index in [1.165, 1.54) is 0 Å². The van der Waals surface area contributed by atoms with Gasteiger partial charge in [0.15, 0.2) is 5.96 Å². The zero-order valence-corrected chi connectivity index (χ0v) is 12.0. The number of carbonyl (C=O) groups excluding carboxylic acids is 1. The Morgan fingerprint density at radius 3 is 2.72 bits per heavy atom. The van der Waals surface area contributed by atoms with Crippen LogP contribution in [0.4, 0.5) is 0 Å². The maximum absolute atomic E-state index is 11.3. The lowest BCUT2D eigenvalue weighted by molar-refractivity contribution is -0.147. The average Bonchev–Trinajstić information content (AvgIpc) is 2.34. The Bertz CT molecular complexity index is 289. The van der Waals surface area contributed by atoms with Gasteiger partial charge in [0.25, 0.3) is 0 Å². The van der Waals surface area contributed by atoms with E-state index in [9.17, 15) is 4.79 Å². The predicted octanol–water partition coefficient (Wildman–Crippen LogP) is 1.08. The van der Waals surface area contributed by atoms with E-state index in [0.29, 0.717) is 25.3 Å². The van der Waals surface area contributed by atoms with Crippen LogP contribution in [0.5, 0.6) is 0 Å². The van der Waals surface area contributed by atoms with Crippen molar-refractivity contribution in [3.05, 3.63) is 0 Å². The molecule has 6 heteroatoms. The van der Waals surface area contributed by atoms with Gasteiger partial charge in [0.2, 0.25) is 0 Å². The highest BCUT2D eigenvalue weighted by molar-refractivity contribution is 7.99. The van der Waals surface area contributed by atoms with E-state index in [1.54, 1.807) is 0 Å². The number of rotatable bonds is 5. The minimum Gasteiger partial charge on any atom is -0.463 e. The first-order valence-corrected chi connectivity index (χ1v) is 7.57. The quantitative estimate of drug-likeness (QED) is 0.351. The smallest absolute Gasteiger partial charge is 0.306 e. The molecule has 18 heavy (non-hydrogen) atoms. The summed E-state index contributed by atoms with van der Waals surface area (Å²) in [5.74, 6) is 2.66. The molecule has 0 amide bonds. The predicted molar refractivity (Wildman–Crippen MR) is 75.8 cm³/mol. The van der Waals surface area contributed by atoms with Crippen LogP contribution < -0.4 is 5.73 Å². The minimum absolute atomic E-state index is 0.0445. The van der Waals surface area contributed by atoms with E-state index >= 15 is 0 Å². The molecule has 1 fully saturated rings. The fourth-order valence-electron chi connectivity index (χ4n) is 1.63. The van der Waals surface area contributed by atoms with Crippen LogP contribution in [0.1, 0.15) is 26.7 Å². The zero-order valence-electron chi connectivity index (χ0n) is 11.2. The highest BCUT2D eigenvalue weighted by Crippen LogP contribution is 2.08. The molecule has 104 valence electrons. The minimum atomic E-state index is -0.159. The first-order valence-electron chi connectivity index (χ1n) is 6.41. The average molecular weight is 273 g/mol. The second-order valence-electron chi connectivity index (χ2n) is 4.48. The summed E-state index contributed by atoms with van der Waals surface area (Å²) in [5, 5.41) is 0. The van der Waals surface area contributed by atoms with Gasteiger partial charge in [-0.2, -0.15) is 11.8 Å². The normalized spacial score (nSPS) is 17.1. The van der Waals surface area contributed by atoms with Gasteiger partial charge >= 0.3 is 5.97 Å². The van der Waals surface area contributed by atoms with Gasteiger partial charge < -0.3 is 15.4 Å². The SMILES string of the molecule is CC(C)OC(=O)CCCN=C(N)N1CCSCC1. The summed E-state index contributed by atoms with van der Waals surface area (Å²) in [7, 11) is 0. The lowest BCUT2D eigenvalue weighted by atomic mass is 10.3. The van der Waals surface area contributed by atoms with Gasteiger partial charge in [-0.25, -0.2) is 0 Å². The van der Waals surface area contributed by atoms with Crippen molar-refractivity contribution in [2.75, 3.05) is 31.1 Å². The van der Waals surface area contributed by atoms with E-state index in [0.717, 1.165) is 24.6 Å². The van der Waals surface area contributed by atoms with Gasteiger partial charge in [-0.1, -0.05) is 0 Å². The van der Waals surface area contributed by atoms with Crippen LogP contribution in [-0.4, -0.2) is 54.1 Å². The number of hydrogen-bond donors (Lipinski definition) is 1. The maximum Gasteiger partial charge on any atom is 0.306 e. The molecule has 0 radical (unpaired) electrons. The van der Waals surface area contributed by atoms with Crippen molar-refractivity contribution in [3.63, 3.8) is 0 Å². The Kier molecular flexibility index (Phi) is 6.93. The number of carbonyl (C=O) groups is 1. The fraction of sp³-hybridized carbons (Fsp3) is 0.833. The van der Waals surface area contributed by atoms with Crippen LogP contribution in [0.2, 0.25) is 0 Å². The zero-order chi connectivity index (χ0) is 13.4. The molecule has 1 saturated heterocycles. The van der Waals surface area contributed by atoms with E-state index < -0.39 is 0 Å². The molecule has 0 aromatic carbocycles. The fourth-order valence-corrected chi connectivity index (χ4v) is 2.53. The van der Waals surface area contributed by atoms with Crippen LogP contribution in [0.3, 0.4) is 0 Å². The van der Waals surface area contributed by atoms with Crippen LogP contribution in [-0.2, 0) is 9.53 Å². The number of nitrogens with zero attached hydrogens (tertiary/aromatic N) is 2. The molecule has 0 bridgehead atoms. The summed E-state index contributed by atoms with van der Waals surface area (Å²) < 4.78 is 5.04. The molecule has 2 N–H and O–H groups in total. The van der Waals surface area contributed by atoms with Crippen molar-refractivity contribution in [1.82, 2.24) is 4.90 Å². The van der Waals surface area contributed by atoms with Crippen molar-refractivity contribution in [1.29, 1.82) is 0 Å². The van der Waals surface area contributed by atoms with Crippen LogP contribution in [0, 0.1) is 0 Å². The first kappa shape index (κ1) is 15.1. The molecule has 1 heterocycles. The van der Waals surface area contributed by atoms with Gasteiger partial charge in [0, 0.05) is 37.6 Å². The number of hydrogen-bond acceptors (Lipinski definition) is 4. The Hall–Kier alpha value is -0.910. The molecule has 5 nitrogen and oxygen atoms in total. The Morgan fingerprint density at radius 2 is 2.11 bits per heavy atom. The highest BCUT2D eigenvalue weighted by Gasteiger charge is 2.11. The monoisotopic (exact) mass is 273 g/mol. The van der Waals surface area contributed by atoms with Crippen molar-refractivity contribution >= 4 is 23.7 Å². The lowest BCUT2D eigenvalue weighted by Crippen LogP contribution is -2.42. The van der Waals surface area contributed by atoms with E-state index in [-0.39, 0.29) is 12.1 Å². The van der Waals surface area contributed by atoms with Gasteiger partial charge in [-0.05, 0) is 20.3 Å². The summed E-state index contributed by atoms with van der Waals surface area (Å²) in [6.07, 6.45) is 1.05. The third kappa shape index (κ3) is 6.14. The number of nitrogens with two attached hydrogens (primary N) is 1. The third-order valence-electron chi connectivity index (χ3n) is 2.52. The molecular weight excluding hydrogens is 250 g/mol. The van der Waals surface area contributed by atoms with Crippen molar-refractivity contribution in [2.45, 2.75) is 32.8 Å². The van der Waals surface area contributed by atoms with Gasteiger partial charge in [-0.3, -0.25) is 9.79 Å². The number of guanidine groups is 1. The van der Waals surface area contributed by atoms with Crippen LogP contribution in [0.15, 0.2) is 4.99 Å². The molecule has 0 aromatic heterocycles. The van der Waals surface area contributed by atoms with Crippen LogP contribution in [0.25, 0.3) is 0 Å². The van der Waals surface area contributed by atoms with E-state index in [4.69, 9.17) is 10.5 Å². The van der Waals surface area contributed by atoms with Crippen molar-refractivity contribution in [3.8, 4) is 0 Å². The van der Waals surface area contributed by atoms with Crippen LogP contribution >= 0.6 is 11.8 Å². The summed E-state index contributed by atoms with van der Waals surface area (Å²) in [4.78, 5) is 17.7. The number of aliphatic imine (C=N–C) groups is 1. The number of thioether (sulfide) groups is 1. The summed E-state index contributed by atoms with van der Waals surface area (Å²) in [5.41, 5.74) is 5.90. The highest BCUT2D eigenvalue weighted by atomic mass is 32.2. The molecule has 0 aromatic rings. The standard InChI is InChI=1S/C12H23N3O2S/c1-10(2)17-11(16)4-3-5-14-12(13)15-6-8-18-9-7-15/h10H,3-9H2,1-2H3,(H2,13,14). The van der Waals surface area contributed by atoms with Crippen molar-refractivity contribution in [2.24, 2.45) is 10.7 Å². The molecular formula is C12H23N3O2S. The molecule has 0 atom stereocenters. The van der Waals surface area contributed by atoms with Gasteiger partial charge in [0.05, 0.1) is 6.10 Å². The second-order valence-corrected chi connectivity index (χ2v) is 5.71. The molecule has 0 aliphatic carbocycles. The Balaban J connectivity index is 2.17. The van der Waals surface area contributed by atoms with E-state index in [2.05, 4.69) is 9.89 Å². The van der Waals surface area contributed by atoms with Gasteiger partial charge in [-0.15, -0.1) is 0 Å². The molecule has 1 rings (SSSR count). The molecule has 1 aliphatic heterocycles. The largest absolute Gasteiger partial charge is 0.463 e. The molecule has 1 aliphatic rings. The summed E-state index contributed by atoms with van der Waals surface area (Å²) >= 11 is 1.94. The number of ether oxygens (including phenoxy) is 1. The molecule has 0 spiro atoms. The van der Waals surface area contributed by atoms with E-state index in [1.807, 2.05) is 25.6 Å². The van der Waals surface area contributed by atoms with Crippen molar-refractivity contribution < 1.29 is 9.53 Å². The molecule has 0 unspecified atom stereocenters.